The molecular formula is C30H50O2. The summed E-state index contributed by atoms with van der Waals surface area (Å²) >= 11 is 0. The summed E-state index contributed by atoms with van der Waals surface area (Å²) in [5, 5.41) is 22.3. The minimum atomic E-state index is -0.398. The molecule has 4 aliphatic rings. The lowest BCUT2D eigenvalue weighted by molar-refractivity contribution is -0.226. The van der Waals surface area contributed by atoms with Gasteiger partial charge in [0.2, 0.25) is 0 Å². The molecule has 3 saturated carbocycles. The maximum Gasteiger partial charge on any atom is 0.0624 e. The van der Waals surface area contributed by atoms with Crippen molar-refractivity contribution in [3.63, 3.8) is 0 Å². The van der Waals surface area contributed by atoms with Crippen LogP contribution in [-0.2, 0) is 0 Å². The molecule has 32 heavy (non-hydrogen) atoms. The fourth-order valence-corrected chi connectivity index (χ4v) is 9.73. The lowest BCUT2D eigenvalue weighted by Crippen LogP contribution is -2.66. The first-order chi connectivity index (χ1) is 14.8. The molecule has 0 spiro atoms. The number of hydrogen-bond acceptors (Lipinski definition) is 2. The molecule has 9 atom stereocenters. The van der Waals surface area contributed by atoms with E-state index in [1.165, 1.54) is 44.1 Å². The molecule has 0 bridgehead atoms. The molecule has 0 amide bonds. The highest BCUT2D eigenvalue weighted by atomic mass is 16.3. The summed E-state index contributed by atoms with van der Waals surface area (Å²) in [4.78, 5) is 0. The van der Waals surface area contributed by atoms with Gasteiger partial charge in [-0.3, -0.25) is 0 Å². The van der Waals surface area contributed by atoms with E-state index in [0.29, 0.717) is 23.7 Å². The molecule has 2 N–H and O–H groups in total. The number of aliphatic hydroxyl groups excluding tert-OH is 2. The van der Waals surface area contributed by atoms with Gasteiger partial charge in [-0.25, -0.2) is 0 Å². The van der Waals surface area contributed by atoms with Crippen molar-refractivity contribution < 1.29 is 10.2 Å². The minimum absolute atomic E-state index is 0.106. The van der Waals surface area contributed by atoms with Gasteiger partial charge < -0.3 is 10.2 Å². The Balaban J connectivity index is 1.62. The largest absolute Gasteiger partial charge is 0.392 e. The lowest BCUT2D eigenvalue weighted by atomic mass is 9.37. The fourth-order valence-electron chi connectivity index (χ4n) is 9.73. The minimum Gasteiger partial charge on any atom is -0.392 e. The average molecular weight is 443 g/mol. The lowest BCUT2D eigenvalue weighted by Gasteiger charge is -2.68. The number of hydrogen-bond donors (Lipinski definition) is 2. The van der Waals surface area contributed by atoms with Crippen molar-refractivity contribution in [2.24, 2.45) is 45.3 Å². The Kier molecular flexibility index (Phi) is 6.11. The number of aliphatic hydroxyl groups is 2. The quantitative estimate of drug-likeness (QED) is 0.448. The molecule has 0 aromatic heterocycles. The van der Waals surface area contributed by atoms with Crippen LogP contribution in [0.5, 0.6) is 0 Å². The highest BCUT2D eigenvalue weighted by molar-refractivity contribution is 5.35. The van der Waals surface area contributed by atoms with E-state index < -0.39 is 12.2 Å². The average Bonchev–Trinajstić information content (AvgIpc) is 3.04. The Morgan fingerprint density at radius 2 is 1.62 bits per heavy atom. The van der Waals surface area contributed by atoms with E-state index in [1.54, 1.807) is 5.57 Å². The summed E-state index contributed by atoms with van der Waals surface area (Å²) in [6.07, 6.45) is 13.3. The monoisotopic (exact) mass is 442 g/mol. The van der Waals surface area contributed by atoms with Crippen LogP contribution < -0.4 is 0 Å². The third kappa shape index (κ3) is 3.33. The summed E-state index contributed by atoms with van der Waals surface area (Å²) in [5.74, 6) is 2.39. The third-order valence-corrected chi connectivity index (χ3v) is 11.6. The summed E-state index contributed by atoms with van der Waals surface area (Å²) in [6.45, 7) is 18.9. The van der Waals surface area contributed by atoms with Gasteiger partial charge in [0, 0.05) is 11.8 Å². The van der Waals surface area contributed by atoms with Crippen LogP contribution in [0.25, 0.3) is 0 Å². The number of fused-ring (bicyclic) bond motifs is 5. The van der Waals surface area contributed by atoms with E-state index in [9.17, 15) is 10.2 Å². The maximum absolute atomic E-state index is 11.4. The van der Waals surface area contributed by atoms with Gasteiger partial charge in [-0.15, -0.1) is 0 Å². The van der Waals surface area contributed by atoms with Crippen molar-refractivity contribution in [2.75, 3.05) is 0 Å². The van der Waals surface area contributed by atoms with Gasteiger partial charge in [0.25, 0.3) is 0 Å². The van der Waals surface area contributed by atoms with Gasteiger partial charge in [-0.05, 0) is 98.7 Å². The standard InChI is InChI=1S/C30H50O2/c1-19(2)10-9-11-20(3)21-12-13-23-28(21,6)16-15-24-29(23,7)17-14-22-27(4,5)25(31)18-26(32)30(22,24)8/h10,13,20-22,24-26,31-32H,9,11-12,14-18H2,1-8H3/t20-,21-,22-,24-,25-,26+,28-,29-,30-/m0/s1. The molecule has 2 heteroatoms. The topological polar surface area (TPSA) is 40.5 Å². The first kappa shape index (κ1) is 24.5. The molecule has 2 nitrogen and oxygen atoms in total. The predicted octanol–water partition coefficient (Wildman–Crippen LogP) is 7.31. The zero-order valence-corrected chi connectivity index (χ0v) is 22.2. The van der Waals surface area contributed by atoms with Crippen molar-refractivity contribution in [3.05, 3.63) is 23.3 Å². The summed E-state index contributed by atoms with van der Waals surface area (Å²) in [6, 6.07) is 0. The molecule has 0 saturated heterocycles. The molecule has 0 aromatic rings. The Bertz CT molecular complexity index is 789. The van der Waals surface area contributed by atoms with Gasteiger partial charge in [-0.2, -0.15) is 0 Å². The van der Waals surface area contributed by atoms with E-state index in [4.69, 9.17) is 0 Å². The summed E-state index contributed by atoms with van der Waals surface area (Å²) in [5.41, 5.74) is 3.44. The molecule has 4 aliphatic carbocycles. The zero-order valence-electron chi connectivity index (χ0n) is 22.2. The van der Waals surface area contributed by atoms with Crippen molar-refractivity contribution in [1.29, 1.82) is 0 Å². The van der Waals surface area contributed by atoms with Crippen LogP contribution in [-0.4, -0.2) is 22.4 Å². The van der Waals surface area contributed by atoms with E-state index in [2.05, 4.69) is 67.5 Å². The molecule has 0 unspecified atom stereocenters. The number of rotatable bonds is 4. The molecule has 3 fully saturated rings. The van der Waals surface area contributed by atoms with Crippen LogP contribution in [0.1, 0.15) is 107 Å². The SMILES string of the molecule is CC(C)=CCC[C@H](C)[C@@H]1CC=C2[C@]3(C)CC[C@H]4C(C)(C)[C@@H](O)C[C@@H](O)[C@]4(C)[C@H]3CC[C@]21C. The predicted molar refractivity (Wildman–Crippen MR) is 134 cm³/mol. The second-order valence-electron chi connectivity index (χ2n) is 13.8. The highest BCUT2D eigenvalue weighted by Gasteiger charge is 2.67. The van der Waals surface area contributed by atoms with Crippen molar-refractivity contribution in [2.45, 2.75) is 119 Å². The van der Waals surface area contributed by atoms with Crippen molar-refractivity contribution in [1.82, 2.24) is 0 Å². The smallest absolute Gasteiger partial charge is 0.0624 e. The van der Waals surface area contributed by atoms with Gasteiger partial charge in [0.1, 0.15) is 0 Å². The Morgan fingerprint density at radius 1 is 1.00 bits per heavy atom. The molecule has 182 valence electrons. The van der Waals surface area contributed by atoms with Gasteiger partial charge >= 0.3 is 0 Å². The first-order valence-electron chi connectivity index (χ1n) is 13.5. The molecule has 0 heterocycles. The Hall–Kier alpha value is -0.600. The van der Waals surface area contributed by atoms with E-state index in [-0.39, 0.29) is 16.2 Å². The van der Waals surface area contributed by atoms with Crippen LogP contribution in [0.4, 0.5) is 0 Å². The fraction of sp³-hybridized carbons (Fsp3) is 0.867. The second-order valence-corrected chi connectivity index (χ2v) is 13.8. The van der Waals surface area contributed by atoms with E-state index >= 15 is 0 Å². The molecule has 0 radical (unpaired) electrons. The van der Waals surface area contributed by atoms with Crippen LogP contribution >= 0.6 is 0 Å². The van der Waals surface area contributed by atoms with Gasteiger partial charge in [0.05, 0.1) is 12.2 Å². The van der Waals surface area contributed by atoms with Crippen molar-refractivity contribution in [3.8, 4) is 0 Å². The normalized spacial score (nSPS) is 48.2. The van der Waals surface area contributed by atoms with Crippen LogP contribution in [0, 0.1) is 45.3 Å². The first-order valence-corrected chi connectivity index (χ1v) is 13.5. The molecule has 0 aromatic carbocycles. The summed E-state index contributed by atoms with van der Waals surface area (Å²) < 4.78 is 0. The zero-order chi connectivity index (χ0) is 23.7. The Morgan fingerprint density at radius 3 is 2.28 bits per heavy atom. The van der Waals surface area contributed by atoms with Crippen LogP contribution in [0.3, 0.4) is 0 Å². The molecule has 4 rings (SSSR count). The molecule has 0 aliphatic heterocycles. The van der Waals surface area contributed by atoms with Crippen molar-refractivity contribution >= 4 is 0 Å². The second kappa shape index (κ2) is 7.98. The van der Waals surface area contributed by atoms with Gasteiger partial charge in [0.15, 0.2) is 0 Å². The summed E-state index contributed by atoms with van der Waals surface area (Å²) in [7, 11) is 0. The van der Waals surface area contributed by atoms with E-state index in [0.717, 1.165) is 18.3 Å². The van der Waals surface area contributed by atoms with Crippen LogP contribution in [0.15, 0.2) is 23.3 Å². The molecular weight excluding hydrogens is 392 g/mol. The maximum atomic E-state index is 11.4. The van der Waals surface area contributed by atoms with Crippen LogP contribution in [0.2, 0.25) is 0 Å². The Labute approximate surface area is 198 Å². The van der Waals surface area contributed by atoms with E-state index in [1.807, 2.05) is 0 Å². The van der Waals surface area contributed by atoms with Gasteiger partial charge in [-0.1, -0.05) is 64.8 Å². The third-order valence-electron chi connectivity index (χ3n) is 11.6. The highest BCUT2D eigenvalue weighted by Crippen LogP contribution is 2.73. The number of allylic oxidation sites excluding steroid dienone is 4.